The van der Waals surface area contributed by atoms with Crippen molar-refractivity contribution in [2.45, 2.75) is 13.8 Å². The molecule has 0 bridgehead atoms. The average Bonchev–Trinajstić information content (AvgIpc) is 2.65. The maximum absolute atomic E-state index is 12.6. The van der Waals surface area contributed by atoms with E-state index in [1.165, 1.54) is 0 Å². The lowest BCUT2D eigenvalue weighted by molar-refractivity contribution is 0.101. The summed E-state index contributed by atoms with van der Waals surface area (Å²) in [7, 11) is 0. The highest BCUT2D eigenvalue weighted by atomic mass is 16.2. The molecule has 0 saturated heterocycles. The van der Waals surface area contributed by atoms with Gasteiger partial charge in [0.2, 0.25) is 0 Å². The molecule has 142 valence electrons. The Bertz CT molecular complexity index is 976. The third kappa shape index (κ3) is 4.29. The number of hydrogen-bond donors (Lipinski definition) is 4. The zero-order chi connectivity index (χ0) is 20.3. The standard InChI is InChI=1S/C22H22N4O2/c1-13-9-19(25-21(27)15-5-3-7-17(23)11-15)20(10-14(13)2)26-22(28)16-6-4-8-18(24)12-16/h3-12H,23-24H2,1-2H3,(H,25,27)(H,26,28). The Morgan fingerprint density at radius 1 is 0.679 bits per heavy atom. The normalized spacial score (nSPS) is 10.4. The van der Waals surface area contributed by atoms with E-state index in [0.717, 1.165) is 11.1 Å². The largest absolute Gasteiger partial charge is 0.399 e. The van der Waals surface area contributed by atoms with Gasteiger partial charge in [-0.2, -0.15) is 0 Å². The Morgan fingerprint density at radius 2 is 1.07 bits per heavy atom. The van der Waals surface area contributed by atoms with Crippen LogP contribution in [0.15, 0.2) is 60.7 Å². The predicted octanol–water partition coefficient (Wildman–Crippen LogP) is 3.97. The van der Waals surface area contributed by atoms with Crippen LogP contribution in [0.3, 0.4) is 0 Å². The predicted molar refractivity (Wildman–Crippen MR) is 114 cm³/mol. The number of nitrogens with one attached hydrogen (secondary N) is 2. The van der Waals surface area contributed by atoms with Crippen molar-refractivity contribution < 1.29 is 9.59 Å². The van der Waals surface area contributed by atoms with Crippen LogP contribution in [0.5, 0.6) is 0 Å². The molecule has 3 aromatic rings. The van der Waals surface area contributed by atoms with Crippen molar-refractivity contribution in [1.82, 2.24) is 0 Å². The van der Waals surface area contributed by atoms with Gasteiger partial charge in [-0.25, -0.2) is 0 Å². The number of carbonyl (C=O) groups excluding carboxylic acids is 2. The molecule has 0 aliphatic heterocycles. The maximum Gasteiger partial charge on any atom is 0.255 e. The fourth-order valence-electron chi connectivity index (χ4n) is 2.77. The van der Waals surface area contributed by atoms with E-state index >= 15 is 0 Å². The van der Waals surface area contributed by atoms with Crippen molar-refractivity contribution in [1.29, 1.82) is 0 Å². The number of nitrogen functional groups attached to an aromatic ring is 2. The van der Waals surface area contributed by atoms with E-state index in [4.69, 9.17) is 11.5 Å². The van der Waals surface area contributed by atoms with Crippen LogP contribution in [0.2, 0.25) is 0 Å². The first-order valence-corrected chi connectivity index (χ1v) is 8.78. The van der Waals surface area contributed by atoms with Crippen LogP contribution >= 0.6 is 0 Å². The topological polar surface area (TPSA) is 110 Å². The minimum atomic E-state index is -0.310. The lowest BCUT2D eigenvalue weighted by Gasteiger charge is -2.15. The van der Waals surface area contributed by atoms with Crippen LogP contribution in [-0.4, -0.2) is 11.8 Å². The minimum Gasteiger partial charge on any atom is -0.399 e. The molecule has 6 heteroatoms. The Labute approximate surface area is 163 Å². The third-order valence-corrected chi connectivity index (χ3v) is 4.43. The van der Waals surface area contributed by atoms with Crippen molar-refractivity contribution in [2.75, 3.05) is 22.1 Å². The molecule has 6 N–H and O–H groups in total. The molecule has 0 fully saturated rings. The van der Waals surface area contributed by atoms with Gasteiger partial charge in [-0.1, -0.05) is 12.1 Å². The molecule has 0 heterocycles. The molecule has 0 atom stereocenters. The first kappa shape index (κ1) is 19.0. The van der Waals surface area contributed by atoms with Crippen molar-refractivity contribution in [3.8, 4) is 0 Å². The number of amides is 2. The highest BCUT2D eigenvalue weighted by Gasteiger charge is 2.14. The zero-order valence-electron chi connectivity index (χ0n) is 15.7. The quantitative estimate of drug-likeness (QED) is 0.518. The van der Waals surface area contributed by atoms with Gasteiger partial charge < -0.3 is 22.1 Å². The summed E-state index contributed by atoms with van der Waals surface area (Å²) in [4.78, 5) is 25.2. The number of benzene rings is 3. The van der Waals surface area contributed by atoms with E-state index in [0.29, 0.717) is 33.9 Å². The number of aryl methyl sites for hydroxylation is 2. The number of anilines is 4. The Hall–Kier alpha value is -3.80. The highest BCUT2D eigenvalue weighted by Crippen LogP contribution is 2.27. The first-order valence-electron chi connectivity index (χ1n) is 8.78. The number of carbonyl (C=O) groups is 2. The van der Waals surface area contributed by atoms with Gasteiger partial charge in [-0.3, -0.25) is 9.59 Å². The van der Waals surface area contributed by atoms with Crippen LogP contribution in [0.25, 0.3) is 0 Å². The molecule has 3 aromatic carbocycles. The molecule has 3 rings (SSSR count). The van der Waals surface area contributed by atoms with E-state index in [1.807, 2.05) is 26.0 Å². The second-order valence-corrected chi connectivity index (χ2v) is 6.64. The van der Waals surface area contributed by atoms with E-state index in [-0.39, 0.29) is 11.8 Å². The van der Waals surface area contributed by atoms with Crippen molar-refractivity contribution in [3.63, 3.8) is 0 Å². The van der Waals surface area contributed by atoms with Gasteiger partial charge >= 0.3 is 0 Å². The summed E-state index contributed by atoms with van der Waals surface area (Å²) in [5, 5.41) is 5.71. The zero-order valence-corrected chi connectivity index (χ0v) is 15.7. The van der Waals surface area contributed by atoms with Crippen LogP contribution in [0.1, 0.15) is 31.8 Å². The molecule has 2 amide bonds. The number of hydrogen-bond acceptors (Lipinski definition) is 4. The summed E-state index contributed by atoms with van der Waals surface area (Å²) >= 11 is 0. The fourth-order valence-corrected chi connectivity index (χ4v) is 2.77. The Morgan fingerprint density at radius 3 is 1.43 bits per heavy atom. The summed E-state index contributed by atoms with van der Waals surface area (Å²) in [6.07, 6.45) is 0. The molecule has 6 nitrogen and oxygen atoms in total. The van der Waals surface area contributed by atoms with E-state index in [2.05, 4.69) is 10.6 Å². The molecule has 0 aliphatic carbocycles. The van der Waals surface area contributed by atoms with Crippen molar-refractivity contribution in [3.05, 3.63) is 82.9 Å². The van der Waals surface area contributed by atoms with Crippen molar-refractivity contribution in [2.24, 2.45) is 0 Å². The molecule has 0 radical (unpaired) electrons. The van der Waals surface area contributed by atoms with Gasteiger partial charge in [-0.05, 0) is 73.5 Å². The Kier molecular flexibility index (Phi) is 5.31. The SMILES string of the molecule is Cc1cc(NC(=O)c2cccc(N)c2)c(NC(=O)c2cccc(N)c2)cc1C. The van der Waals surface area contributed by atoms with Gasteiger partial charge in [0.1, 0.15) is 0 Å². The molecule has 0 aromatic heterocycles. The lowest BCUT2D eigenvalue weighted by Crippen LogP contribution is -2.17. The van der Waals surface area contributed by atoms with Gasteiger partial charge in [0.15, 0.2) is 0 Å². The van der Waals surface area contributed by atoms with Crippen LogP contribution in [0, 0.1) is 13.8 Å². The summed E-state index contributed by atoms with van der Waals surface area (Å²) in [5.74, 6) is -0.620. The monoisotopic (exact) mass is 374 g/mol. The summed E-state index contributed by atoms with van der Waals surface area (Å²) < 4.78 is 0. The second-order valence-electron chi connectivity index (χ2n) is 6.64. The molecule has 0 aliphatic rings. The summed E-state index contributed by atoms with van der Waals surface area (Å²) in [5.41, 5.74) is 16.4. The summed E-state index contributed by atoms with van der Waals surface area (Å²) in [6, 6.07) is 17.1. The van der Waals surface area contributed by atoms with Crippen molar-refractivity contribution >= 4 is 34.6 Å². The maximum atomic E-state index is 12.6. The number of rotatable bonds is 4. The molecular formula is C22H22N4O2. The molecule has 0 spiro atoms. The molecule has 28 heavy (non-hydrogen) atoms. The molecule has 0 saturated carbocycles. The molecule has 0 unspecified atom stereocenters. The van der Waals surface area contributed by atoms with Gasteiger partial charge in [0.25, 0.3) is 11.8 Å². The van der Waals surface area contributed by atoms with E-state index < -0.39 is 0 Å². The fraction of sp³-hybridized carbons (Fsp3) is 0.0909. The van der Waals surface area contributed by atoms with Gasteiger partial charge in [-0.15, -0.1) is 0 Å². The highest BCUT2D eigenvalue weighted by molar-refractivity contribution is 6.10. The van der Waals surface area contributed by atoms with Crippen LogP contribution < -0.4 is 22.1 Å². The number of nitrogens with two attached hydrogens (primary N) is 2. The first-order chi connectivity index (χ1) is 13.3. The van der Waals surface area contributed by atoms with E-state index in [1.54, 1.807) is 48.5 Å². The van der Waals surface area contributed by atoms with E-state index in [9.17, 15) is 9.59 Å². The minimum absolute atomic E-state index is 0.310. The van der Waals surface area contributed by atoms with Gasteiger partial charge in [0.05, 0.1) is 11.4 Å². The Balaban J connectivity index is 1.90. The summed E-state index contributed by atoms with van der Waals surface area (Å²) in [6.45, 7) is 3.88. The average molecular weight is 374 g/mol. The van der Waals surface area contributed by atoms with Gasteiger partial charge in [0, 0.05) is 22.5 Å². The third-order valence-electron chi connectivity index (χ3n) is 4.43. The van der Waals surface area contributed by atoms with Crippen LogP contribution in [-0.2, 0) is 0 Å². The lowest BCUT2D eigenvalue weighted by atomic mass is 10.1. The van der Waals surface area contributed by atoms with Crippen LogP contribution in [0.4, 0.5) is 22.7 Å². The smallest absolute Gasteiger partial charge is 0.255 e. The molecular weight excluding hydrogens is 352 g/mol. The second kappa shape index (κ2) is 7.84.